The van der Waals surface area contributed by atoms with Crippen LogP contribution in [0.1, 0.15) is 37.8 Å². The number of likely N-dealkylation sites (tertiary alicyclic amines) is 1. The summed E-state index contributed by atoms with van der Waals surface area (Å²) < 4.78 is 53.1. The molecule has 258 valence electrons. The van der Waals surface area contributed by atoms with Gasteiger partial charge >= 0.3 is 6.03 Å². The van der Waals surface area contributed by atoms with Gasteiger partial charge in [-0.25, -0.2) is 18.3 Å². The van der Waals surface area contributed by atoms with Crippen molar-refractivity contribution in [3.05, 3.63) is 71.3 Å². The quantitative estimate of drug-likeness (QED) is 0.199. The summed E-state index contributed by atoms with van der Waals surface area (Å²) in [5.41, 5.74) is 1.98. The van der Waals surface area contributed by atoms with E-state index in [1.165, 1.54) is 6.07 Å². The third kappa shape index (κ3) is 9.17. The molecule has 0 spiro atoms. The van der Waals surface area contributed by atoms with Gasteiger partial charge in [0.05, 0.1) is 30.5 Å². The van der Waals surface area contributed by atoms with E-state index in [0.717, 1.165) is 11.8 Å². The number of nitrogens with zero attached hydrogens (tertiary/aromatic N) is 3. The summed E-state index contributed by atoms with van der Waals surface area (Å²) in [7, 11) is 1.16. The fourth-order valence-electron chi connectivity index (χ4n) is 5.41. The minimum Gasteiger partial charge on any atom is -0.474 e. The van der Waals surface area contributed by atoms with Crippen molar-refractivity contribution in [2.45, 2.75) is 63.9 Å². The second-order valence-electron chi connectivity index (χ2n) is 13.5. The minimum atomic E-state index is -2.10. The average Bonchev–Trinajstić information content (AvgIpc) is 3.56. The van der Waals surface area contributed by atoms with E-state index in [2.05, 4.69) is 49.4 Å². The van der Waals surface area contributed by atoms with Crippen LogP contribution in [0.15, 0.2) is 48.5 Å². The van der Waals surface area contributed by atoms with Gasteiger partial charge < -0.3 is 24.0 Å². The average molecular weight is 674 g/mol. The Balaban J connectivity index is 1.56. The molecule has 1 fully saturated rings. The van der Waals surface area contributed by atoms with Crippen molar-refractivity contribution >= 4 is 20.2 Å². The molecule has 1 unspecified atom stereocenters. The first-order valence-electron chi connectivity index (χ1n) is 15.9. The summed E-state index contributed by atoms with van der Waals surface area (Å²) in [6.45, 7) is 15.5. The molecule has 47 heavy (non-hydrogen) atoms. The van der Waals surface area contributed by atoms with E-state index in [1.54, 1.807) is 25.0 Å². The predicted molar refractivity (Wildman–Crippen MR) is 181 cm³/mol. The van der Waals surface area contributed by atoms with E-state index in [4.69, 9.17) is 23.7 Å². The van der Waals surface area contributed by atoms with Crippen LogP contribution in [-0.2, 0) is 13.9 Å². The number of rotatable bonds is 14. The molecular formula is C34H49F2N5O5Si. The zero-order valence-electron chi connectivity index (χ0n) is 28.7. The maximum Gasteiger partial charge on any atom is 0.320 e. The molecular weight excluding hydrogens is 624 g/mol. The lowest BCUT2D eigenvalue weighted by atomic mass is 9.94. The zero-order chi connectivity index (χ0) is 34.4. The van der Waals surface area contributed by atoms with Crippen LogP contribution in [0.2, 0.25) is 18.1 Å². The number of benzene rings is 2. The van der Waals surface area contributed by atoms with Crippen LogP contribution >= 0.6 is 0 Å². The van der Waals surface area contributed by atoms with E-state index in [0.29, 0.717) is 55.7 Å². The third-order valence-corrected chi connectivity index (χ3v) is 13.6. The van der Waals surface area contributed by atoms with Crippen molar-refractivity contribution in [1.29, 1.82) is 0 Å². The Morgan fingerprint density at radius 3 is 2.40 bits per heavy atom. The number of amides is 2. The van der Waals surface area contributed by atoms with Crippen molar-refractivity contribution in [1.82, 2.24) is 20.0 Å². The minimum absolute atomic E-state index is 0.0121. The number of methoxy groups -OCH3 is 2. The van der Waals surface area contributed by atoms with Gasteiger partial charge in [-0.15, -0.1) is 5.10 Å². The van der Waals surface area contributed by atoms with Gasteiger partial charge in [-0.05, 0) is 54.9 Å². The Kier molecular flexibility index (Phi) is 12.2. The number of urea groups is 1. The van der Waals surface area contributed by atoms with Crippen LogP contribution in [0.25, 0.3) is 5.69 Å². The molecule has 0 aliphatic carbocycles. The van der Waals surface area contributed by atoms with Crippen LogP contribution in [0, 0.1) is 18.6 Å². The monoisotopic (exact) mass is 673 g/mol. The van der Waals surface area contributed by atoms with Gasteiger partial charge in [0.2, 0.25) is 5.88 Å². The van der Waals surface area contributed by atoms with Crippen molar-refractivity contribution in [3.63, 3.8) is 0 Å². The first-order chi connectivity index (χ1) is 22.2. The van der Waals surface area contributed by atoms with E-state index >= 15 is 0 Å². The van der Waals surface area contributed by atoms with Crippen LogP contribution in [-0.4, -0.2) is 94.8 Å². The molecule has 0 saturated carbocycles. The standard InChI is InChI=1S/C34H49F2N5O5Si/c1-23-31(38-33(42)37-30-20-40(16-17-43-5)19-27(30)24-14-15-28(35)29(36)18-24)41(25-12-10-9-11-13-25)39-32(23)45-22-26(21-44-6)46-47(7,8)34(2,3)4/h9-15,18,26-27,30H,16-17,19-22H2,1-8H3,(H2,37,38,42)/t26?,27-,30+/m0/s1. The second kappa shape index (κ2) is 15.7. The summed E-state index contributed by atoms with van der Waals surface area (Å²) in [5.74, 6) is -1.29. The summed E-state index contributed by atoms with van der Waals surface area (Å²) in [4.78, 5) is 15.8. The van der Waals surface area contributed by atoms with E-state index in [-0.39, 0.29) is 29.7 Å². The molecule has 3 atom stereocenters. The van der Waals surface area contributed by atoms with Crippen LogP contribution in [0.4, 0.5) is 19.4 Å². The van der Waals surface area contributed by atoms with Crippen molar-refractivity contribution in [2.75, 3.05) is 59.0 Å². The van der Waals surface area contributed by atoms with Gasteiger partial charge in [0.15, 0.2) is 20.0 Å². The number of ether oxygens (including phenoxy) is 3. The maximum absolute atomic E-state index is 14.2. The topological polar surface area (TPSA) is 99.1 Å². The van der Waals surface area contributed by atoms with Gasteiger partial charge in [0, 0.05) is 39.8 Å². The molecule has 0 bridgehead atoms. The molecule has 1 aliphatic rings. The number of hydrogen-bond donors (Lipinski definition) is 2. The number of aromatic nitrogens is 2. The lowest BCUT2D eigenvalue weighted by molar-refractivity contribution is 0.0384. The molecule has 1 aliphatic heterocycles. The van der Waals surface area contributed by atoms with Gasteiger partial charge in [-0.2, -0.15) is 0 Å². The molecule has 0 radical (unpaired) electrons. The predicted octanol–water partition coefficient (Wildman–Crippen LogP) is 6.11. The molecule has 2 N–H and O–H groups in total. The fraction of sp³-hybridized carbons (Fsp3) is 0.529. The number of halogens is 2. The van der Waals surface area contributed by atoms with Gasteiger partial charge in [0.1, 0.15) is 18.5 Å². The lowest BCUT2D eigenvalue weighted by Gasteiger charge is -2.39. The first-order valence-corrected chi connectivity index (χ1v) is 18.8. The number of anilines is 1. The number of nitrogens with one attached hydrogen (secondary N) is 2. The Hall–Kier alpha value is -3.36. The Bertz CT molecular complexity index is 1480. The molecule has 3 aromatic rings. The smallest absolute Gasteiger partial charge is 0.320 e. The summed E-state index contributed by atoms with van der Waals surface area (Å²) >= 11 is 0. The van der Waals surface area contributed by atoms with E-state index in [9.17, 15) is 13.6 Å². The van der Waals surface area contributed by atoms with Gasteiger partial charge in [-0.3, -0.25) is 10.2 Å². The molecule has 1 aromatic heterocycles. The SMILES string of the molecule is COCCN1C[C@@H](NC(=O)Nc2c(C)c(OCC(COC)O[Si](C)(C)C(C)(C)C)nn2-c2ccccc2)[C@H](c2ccc(F)c(F)c2)C1. The number of carbonyl (C=O) groups excluding carboxylic acids is 1. The van der Waals surface area contributed by atoms with E-state index < -0.39 is 26.0 Å². The van der Waals surface area contributed by atoms with Crippen molar-refractivity contribution in [2.24, 2.45) is 0 Å². The fourth-order valence-corrected chi connectivity index (χ4v) is 6.73. The number of carbonyl (C=O) groups is 1. The second-order valence-corrected chi connectivity index (χ2v) is 18.3. The highest BCUT2D eigenvalue weighted by atomic mass is 28.4. The molecule has 2 heterocycles. The van der Waals surface area contributed by atoms with Gasteiger partial charge in [-0.1, -0.05) is 45.0 Å². The molecule has 13 heteroatoms. The summed E-state index contributed by atoms with van der Waals surface area (Å²) in [6, 6.07) is 12.5. The molecule has 10 nitrogen and oxygen atoms in total. The third-order valence-electron chi connectivity index (χ3n) is 9.03. The van der Waals surface area contributed by atoms with Crippen LogP contribution in [0.3, 0.4) is 0 Å². The highest BCUT2D eigenvalue weighted by molar-refractivity contribution is 6.74. The molecule has 2 aromatic carbocycles. The van der Waals surface area contributed by atoms with Gasteiger partial charge in [0.25, 0.3) is 0 Å². The summed E-state index contributed by atoms with van der Waals surface area (Å²) in [6.07, 6.45) is -0.307. The summed E-state index contributed by atoms with van der Waals surface area (Å²) in [5, 5.41) is 10.8. The molecule has 2 amide bonds. The number of hydrogen-bond acceptors (Lipinski definition) is 7. The van der Waals surface area contributed by atoms with Crippen LogP contribution < -0.4 is 15.4 Å². The van der Waals surface area contributed by atoms with E-state index in [1.807, 2.05) is 37.3 Å². The largest absolute Gasteiger partial charge is 0.474 e. The highest BCUT2D eigenvalue weighted by Gasteiger charge is 2.40. The Labute approximate surface area is 277 Å². The Morgan fingerprint density at radius 1 is 1.04 bits per heavy atom. The first kappa shape index (κ1) is 36.5. The van der Waals surface area contributed by atoms with Crippen molar-refractivity contribution in [3.8, 4) is 11.6 Å². The maximum atomic E-state index is 14.2. The molecule has 1 saturated heterocycles. The van der Waals surface area contributed by atoms with Crippen LogP contribution in [0.5, 0.6) is 5.88 Å². The highest BCUT2D eigenvalue weighted by Crippen LogP contribution is 2.38. The number of para-hydroxylation sites is 1. The zero-order valence-corrected chi connectivity index (χ0v) is 29.7. The normalized spacial score (nSPS) is 17.9. The molecule has 4 rings (SSSR count). The lowest BCUT2D eigenvalue weighted by Crippen LogP contribution is -2.46. The Morgan fingerprint density at radius 2 is 1.77 bits per heavy atom. The van der Waals surface area contributed by atoms with Crippen molar-refractivity contribution < 1.29 is 32.2 Å².